The Morgan fingerprint density at radius 2 is 2.06 bits per heavy atom. The maximum atomic E-state index is 11.5. The average Bonchev–Trinajstić information content (AvgIpc) is 2.63. The lowest BCUT2D eigenvalue weighted by molar-refractivity contribution is -0.142. The number of ether oxygens (including phenoxy) is 1. The molecule has 0 saturated heterocycles. The molecule has 0 fully saturated rings. The fraction of sp³-hybridized carbons (Fsp3) is 0.583. The van der Waals surface area contributed by atoms with Gasteiger partial charge in [0.25, 0.3) is 0 Å². The molecule has 3 nitrogen and oxygen atoms in total. The lowest BCUT2D eigenvalue weighted by Gasteiger charge is -2.40. The molecule has 0 aliphatic heterocycles. The van der Waals surface area contributed by atoms with Crippen molar-refractivity contribution in [2.24, 2.45) is 5.73 Å². The SMILES string of the molecule is COC(=O)CC(C)(c1ccc(Cl)s1)C(C)(C)N. The van der Waals surface area contributed by atoms with Gasteiger partial charge in [0.05, 0.1) is 17.9 Å². The summed E-state index contributed by atoms with van der Waals surface area (Å²) in [6.45, 7) is 5.78. The minimum atomic E-state index is -0.546. The molecule has 0 aromatic carbocycles. The summed E-state index contributed by atoms with van der Waals surface area (Å²) in [6, 6.07) is 3.74. The van der Waals surface area contributed by atoms with E-state index in [0.29, 0.717) is 4.34 Å². The standard InChI is InChI=1S/C12H18ClNO2S/c1-11(2,14)12(3,7-10(15)16-4)8-5-6-9(13)17-8/h5-6H,7,14H2,1-4H3. The summed E-state index contributed by atoms with van der Waals surface area (Å²) in [5, 5.41) is 0. The highest BCUT2D eigenvalue weighted by atomic mass is 35.5. The van der Waals surface area contributed by atoms with Gasteiger partial charge in [-0.15, -0.1) is 11.3 Å². The summed E-state index contributed by atoms with van der Waals surface area (Å²) in [5.41, 5.74) is 5.18. The molecule has 0 spiro atoms. The first-order valence-corrected chi connectivity index (χ1v) is 6.51. The molecule has 1 rings (SSSR count). The third-order valence-corrected chi connectivity index (χ3v) is 4.76. The second-order valence-corrected chi connectivity index (χ2v) is 6.63. The molecule has 0 aliphatic rings. The molecule has 2 N–H and O–H groups in total. The van der Waals surface area contributed by atoms with Crippen molar-refractivity contribution >= 4 is 28.9 Å². The molecule has 96 valence electrons. The zero-order valence-corrected chi connectivity index (χ0v) is 12.1. The highest BCUT2D eigenvalue weighted by Crippen LogP contribution is 2.41. The van der Waals surface area contributed by atoms with Crippen molar-refractivity contribution in [2.75, 3.05) is 7.11 Å². The number of halogens is 1. The number of hydrogen-bond donors (Lipinski definition) is 1. The summed E-state index contributed by atoms with van der Waals surface area (Å²) < 4.78 is 5.44. The largest absolute Gasteiger partial charge is 0.469 e. The number of carbonyl (C=O) groups excluding carboxylic acids is 1. The fourth-order valence-electron chi connectivity index (χ4n) is 1.60. The third-order valence-electron chi connectivity index (χ3n) is 3.26. The van der Waals surface area contributed by atoms with Gasteiger partial charge in [-0.25, -0.2) is 0 Å². The number of nitrogens with two attached hydrogens (primary N) is 1. The second kappa shape index (κ2) is 4.96. The van der Waals surface area contributed by atoms with E-state index in [-0.39, 0.29) is 12.4 Å². The molecular formula is C12H18ClNO2S. The highest BCUT2D eigenvalue weighted by molar-refractivity contribution is 7.16. The van der Waals surface area contributed by atoms with Gasteiger partial charge in [-0.2, -0.15) is 0 Å². The molecule has 0 aliphatic carbocycles. The van der Waals surface area contributed by atoms with E-state index in [4.69, 9.17) is 22.1 Å². The molecule has 0 saturated carbocycles. The fourth-order valence-corrected chi connectivity index (χ4v) is 2.96. The smallest absolute Gasteiger partial charge is 0.306 e. The molecule has 1 aromatic rings. The van der Waals surface area contributed by atoms with E-state index in [0.717, 1.165) is 4.88 Å². The first-order valence-electron chi connectivity index (χ1n) is 5.32. The molecule has 1 atom stereocenters. The lowest BCUT2D eigenvalue weighted by Crippen LogP contribution is -2.53. The van der Waals surface area contributed by atoms with Crippen LogP contribution in [-0.2, 0) is 14.9 Å². The van der Waals surface area contributed by atoms with E-state index in [2.05, 4.69) is 0 Å². The van der Waals surface area contributed by atoms with E-state index in [1.807, 2.05) is 32.9 Å². The second-order valence-electron chi connectivity index (χ2n) is 4.91. The summed E-state index contributed by atoms with van der Waals surface area (Å²) in [4.78, 5) is 12.5. The maximum Gasteiger partial charge on any atom is 0.306 e. The Hall–Kier alpha value is -0.580. The Labute approximate surface area is 111 Å². The summed E-state index contributed by atoms with van der Waals surface area (Å²) >= 11 is 7.40. The summed E-state index contributed by atoms with van der Waals surface area (Å²) in [7, 11) is 1.38. The van der Waals surface area contributed by atoms with Gasteiger partial charge < -0.3 is 10.5 Å². The van der Waals surface area contributed by atoms with Gasteiger partial charge in [-0.1, -0.05) is 18.5 Å². The predicted molar refractivity (Wildman–Crippen MR) is 71.6 cm³/mol. The number of rotatable bonds is 4. The molecule has 0 radical (unpaired) electrons. The topological polar surface area (TPSA) is 52.3 Å². The third kappa shape index (κ3) is 3.00. The Balaban J connectivity index is 3.15. The Kier molecular flexibility index (Phi) is 4.23. The van der Waals surface area contributed by atoms with Gasteiger partial charge in [0.2, 0.25) is 0 Å². The first-order chi connectivity index (χ1) is 7.70. The Morgan fingerprint density at radius 1 is 1.47 bits per heavy atom. The van der Waals surface area contributed by atoms with Crippen molar-refractivity contribution in [3.05, 3.63) is 21.3 Å². The molecule has 0 bridgehead atoms. The number of thiophene rings is 1. The van der Waals surface area contributed by atoms with Crippen LogP contribution in [0.1, 0.15) is 32.1 Å². The zero-order valence-electron chi connectivity index (χ0n) is 10.5. The maximum absolute atomic E-state index is 11.5. The van der Waals surface area contributed by atoms with E-state index in [1.165, 1.54) is 18.4 Å². The molecule has 0 amide bonds. The van der Waals surface area contributed by atoms with E-state index in [9.17, 15) is 4.79 Å². The van der Waals surface area contributed by atoms with E-state index >= 15 is 0 Å². The molecule has 17 heavy (non-hydrogen) atoms. The number of hydrogen-bond acceptors (Lipinski definition) is 4. The van der Waals surface area contributed by atoms with Gasteiger partial charge in [-0.05, 0) is 26.0 Å². The Morgan fingerprint density at radius 3 is 2.41 bits per heavy atom. The van der Waals surface area contributed by atoms with Crippen molar-refractivity contribution < 1.29 is 9.53 Å². The minimum Gasteiger partial charge on any atom is -0.469 e. The van der Waals surface area contributed by atoms with Gasteiger partial charge in [0.1, 0.15) is 0 Å². The van der Waals surface area contributed by atoms with Crippen molar-refractivity contribution in [1.82, 2.24) is 0 Å². The highest BCUT2D eigenvalue weighted by Gasteiger charge is 2.42. The van der Waals surface area contributed by atoms with Crippen LogP contribution in [0.2, 0.25) is 4.34 Å². The molecule has 1 unspecified atom stereocenters. The van der Waals surface area contributed by atoms with E-state index < -0.39 is 11.0 Å². The van der Waals surface area contributed by atoms with Gasteiger partial charge in [0.15, 0.2) is 0 Å². The van der Waals surface area contributed by atoms with Crippen molar-refractivity contribution in [3.63, 3.8) is 0 Å². The van der Waals surface area contributed by atoms with E-state index in [1.54, 1.807) is 0 Å². The van der Waals surface area contributed by atoms with Crippen molar-refractivity contribution in [3.8, 4) is 0 Å². The van der Waals surface area contributed by atoms with Crippen LogP contribution in [0, 0.1) is 0 Å². The summed E-state index contributed by atoms with van der Waals surface area (Å²) in [6.07, 6.45) is 0.240. The van der Waals surface area contributed by atoms with Crippen LogP contribution in [0.5, 0.6) is 0 Å². The number of carbonyl (C=O) groups is 1. The monoisotopic (exact) mass is 275 g/mol. The van der Waals surface area contributed by atoms with Gasteiger partial charge >= 0.3 is 5.97 Å². The molecular weight excluding hydrogens is 258 g/mol. The van der Waals surface area contributed by atoms with Crippen molar-refractivity contribution in [1.29, 1.82) is 0 Å². The molecule has 1 heterocycles. The van der Waals surface area contributed by atoms with Crippen LogP contribution in [0.25, 0.3) is 0 Å². The van der Waals surface area contributed by atoms with Crippen LogP contribution in [-0.4, -0.2) is 18.6 Å². The molecule has 5 heteroatoms. The lowest BCUT2D eigenvalue weighted by atomic mass is 9.70. The Bertz CT molecular complexity index is 411. The van der Waals surface area contributed by atoms with Crippen molar-refractivity contribution in [2.45, 2.75) is 38.1 Å². The molecule has 1 aromatic heterocycles. The van der Waals surface area contributed by atoms with Crippen LogP contribution >= 0.6 is 22.9 Å². The zero-order chi connectivity index (χ0) is 13.3. The first kappa shape index (κ1) is 14.5. The van der Waals surface area contributed by atoms with Crippen LogP contribution < -0.4 is 5.73 Å². The van der Waals surface area contributed by atoms with Crippen LogP contribution in [0.4, 0.5) is 0 Å². The van der Waals surface area contributed by atoms with Crippen LogP contribution in [0.15, 0.2) is 12.1 Å². The number of methoxy groups -OCH3 is 1. The van der Waals surface area contributed by atoms with Gasteiger partial charge in [0, 0.05) is 15.8 Å². The minimum absolute atomic E-state index is 0.240. The predicted octanol–water partition coefficient (Wildman–Crippen LogP) is 2.96. The quantitative estimate of drug-likeness (QED) is 0.860. The van der Waals surface area contributed by atoms with Gasteiger partial charge in [-0.3, -0.25) is 4.79 Å². The normalized spacial score (nSPS) is 15.4. The average molecular weight is 276 g/mol. The number of esters is 1. The van der Waals surface area contributed by atoms with Crippen LogP contribution in [0.3, 0.4) is 0 Å². The summed E-state index contributed by atoms with van der Waals surface area (Å²) in [5.74, 6) is -0.268.